The molecule has 0 spiro atoms. The number of benzene rings is 8. The van der Waals surface area contributed by atoms with E-state index in [9.17, 15) is 19.2 Å². The van der Waals surface area contributed by atoms with Crippen LogP contribution in [0.5, 0.6) is 0 Å². The topological polar surface area (TPSA) is 225 Å². The standard InChI is InChI=1S/C95H110O21/c1-11-12-35-52-100-86-83(114-89(96)93(2,3)4)80(104-56-66-42-25-16-26-43-66)77(101-53-63-36-19-13-20-37-63)74(111-86)60-107-87-84(115-90(97)94(5,6)7)81(105-57-67-44-27-17-28-45-67)78(102-54-64-38-21-14-22-39-64)75(112-87)61-108-88-85(116-91(98)95(8,9)10)82(106-58-68-46-29-18-30-47-68)79(103-55-65-40-23-15-24-41-65)76(113-88)62-110-92(99)109-59-73-71-50-33-31-48-69(71)70-49-32-34-51-72(70)73/h11,13-34,36-51,73-88H,1,12,35,52-62H2,2-10H3/t74-,75-,76-,77-,78-,79-,80+,81+,82+,83-,84-,85-,86-,87-,88-/m1/s1. The molecule has 3 saturated heterocycles. The van der Waals surface area contributed by atoms with Crippen LogP contribution < -0.4 is 0 Å². The zero-order valence-electron chi connectivity index (χ0n) is 67.7. The molecule has 3 fully saturated rings. The molecule has 116 heavy (non-hydrogen) atoms. The number of allylic oxidation sites excluding steroid dienone is 1. The summed E-state index contributed by atoms with van der Waals surface area (Å²) in [4.78, 5) is 58.5. The molecular weight excluding hydrogens is 1480 g/mol. The lowest BCUT2D eigenvalue weighted by atomic mass is 9.94. The van der Waals surface area contributed by atoms with Gasteiger partial charge in [-0.3, -0.25) is 14.4 Å². The Labute approximate surface area is 681 Å². The van der Waals surface area contributed by atoms with Gasteiger partial charge < -0.3 is 80.5 Å². The molecule has 0 bridgehead atoms. The maximum absolute atomic E-state index is 14.9. The number of hydrogen-bond acceptors (Lipinski definition) is 21. The van der Waals surface area contributed by atoms with Gasteiger partial charge in [-0.1, -0.05) is 237 Å². The quantitative estimate of drug-likeness (QED) is 0.0154. The first-order valence-electron chi connectivity index (χ1n) is 40.0. The number of ether oxygens (including phenoxy) is 17. The fourth-order valence-electron chi connectivity index (χ4n) is 14.1. The van der Waals surface area contributed by atoms with Gasteiger partial charge in [-0.15, -0.1) is 6.58 Å². The SMILES string of the molecule is C=CCCCO[C@@H]1O[C@H](CO[C@@H]2O[C@H](CO[C@@H]3O[C@H](COC(=O)OCC4c5ccccc5-c5ccccc54)[C@@H](OCc4ccccc4)[C@H](OCc4ccccc4)[C@H]3OC(=O)C(C)(C)C)[C@@H](OCc3ccccc3)[C@H](OCc3ccccc3)[C@H]2OC(=O)C(C)(C)C)[C@@H](OCc2ccccc2)[C@H](OCc2ccccc2)[C@H]1OC(=O)C(C)(C)C. The summed E-state index contributed by atoms with van der Waals surface area (Å²) in [5, 5.41) is 0. The summed E-state index contributed by atoms with van der Waals surface area (Å²) >= 11 is 0. The minimum atomic E-state index is -1.57. The molecule has 616 valence electrons. The Morgan fingerprint density at radius 1 is 0.319 bits per heavy atom. The summed E-state index contributed by atoms with van der Waals surface area (Å²) in [5.74, 6) is -2.05. The predicted octanol–water partition coefficient (Wildman–Crippen LogP) is 16.5. The molecule has 21 heteroatoms. The maximum atomic E-state index is 14.9. The van der Waals surface area contributed by atoms with E-state index in [0.717, 1.165) is 55.6 Å². The maximum Gasteiger partial charge on any atom is 0.508 e. The van der Waals surface area contributed by atoms with Crippen molar-refractivity contribution in [3.05, 3.63) is 288 Å². The van der Waals surface area contributed by atoms with Crippen molar-refractivity contribution in [2.24, 2.45) is 16.2 Å². The van der Waals surface area contributed by atoms with Gasteiger partial charge in [0.25, 0.3) is 0 Å². The van der Waals surface area contributed by atoms with Crippen LogP contribution in [0.3, 0.4) is 0 Å². The third-order valence-corrected chi connectivity index (χ3v) is 20.4. The van der Waals surface area contributed by atoms with E-state index in [2.05, 4.69) is 18.7 Å². The summed E-state index contributed by atoms with van der Waals surface area (Å²) in [7, 11) is 0. The first kappa shape index (κ1) is 86.1. The van der Waals surface area contributed by atoms with E-state index in [1.165, 1.54) is 0 Å². The minimum absolute atomic E-state index is 0.00409. The van der Waals surface area contributed by atoms with Gasteiger partial charge in [-0.2, -0.15) is 0 Å². The van der Waals surface area contributed by atoms with Crippen molar-refractivity contribution in [2.75, 3.05) is 33.0 Å². The lowest BCUT2D eigenvalue weighted by Gasteiger charge is -2.48. The van der Waals surface area contributed by atoms with Crippen molar-refractivity contribution in [3.8, 4) is 11.1 Å². The highest BCUT2D eigenvalue weighted by atomic mass is 16.8. The normalized spacial score (nSPS) is 24.1. The van der Waals surface area contributed by atoms with Crippen molar-refractivity contribution in [1.82, 2.24) is 0 Å². The van der Waals surface area contributed by atoms with Crippen LogP contribution in [-0.4, -0.2) is 149 Å². The second-order valence-corrected chi connectivity index (χ2v) is 32.6. The lowest BCUT2D eigenvalue weighted by Crippen LogP contribution is -2.65. The second kappa shape index (κ2) is 41.2. The predicted molar refractivity (Wildman–Crippen MR) is 432 cm³/mol. The van der Waals surface area contributed by atoms with Gasteiger partial charge in [0.2, 0.25) is 0 Å². The fraction of sp³-hybridized carbons (Fsp3) is 0.432. The van der Waals surface area contributed by atoms with E-state index in [1.807, 2.05) is 218 Å². The van der Waals surface area contributed by atoms with Crippen LogP contribution in [0, 0.1) is 16.2 Å². The van der Waals surface area contributed by atoms with E-state index in [-0.39, 0.29) is 65.4 Å². The highest BCUT2D eigenvalue weighted by Crippen LogP contribution is 2.45. The molecule has 3 aliphatic heterocycles. The molecule has 0 aromatic heterocycles. The van der Waals surface area contributed by atoms with Gasteiger partial charge in [0, 0.05) is 5.92 Å². The fourth-order valence-corrected chi connectivity index (χ4v) is 14.1. The number of rotatable bonds is 36. The van der Waals surface area contributed by atoms with Crippen LogP contribution in [0.15, 0.2) is 243 Å². The van der Waals surface area contributed by atoms with Crippen molar-refractivity contribution in [2.45, 2.75) is 213 Å². The van der Waals surface area contributed by atoms with E-state index in [0.29, 0.717) is 12.8 Å². The zero-order chi connectivity index (χ0) is 81.6. The Kier molecular flexibility index (Phi) is 30.6. The van der Waals surface area contributed by atoms with Crippen LogP contribution in [0.1, 0.15) is 126 Å². The highest BCUT2D eigenvalue weighted by Gasteiger charge is 2.57. The summed E-state index contributed by atoms with van der Waals surface area (Å²) in [5.41, 5.74) is 5.79. The summed E-state index contributed by atoms with van der Waals surface area (Å²) in [6, 6.07) is 73.3. The second-order valence-electron chi connectivity index (χ2n) is 32.6. The third kappa shape index (κ3) is 23.5. The largest absolute Gasteiger partial charge is 0.508 e. The van der Waals surface area contributed by atoms with Gasteiger partial charge in [0.1, 0.15) is 68.1 Å². The van der Waals surface area contributed by atoms with E-state index < -0.39 is 146 Å². The molecule has 0 N–H and O–H groups in total. The Bertz CT molecular complexity index is 4320. The average Bonchev–Trinajstić information content (AvgIpc) is 1.40. The van der Waals surface area contributed by atoms with Gasteiger partial charge >= 0.3 is 24.1 Å². The van der Waals surface area contributed by atoms with Crippen molar-refractivity contribution in [3.63, 3.8) is 0 Å². The Hall–Kier alpha value is -9.30. The van der Waals surface area contributed by atoms with Gasteiger partial charge in [-0.05, 0) is 131 Å². The highest BCUT2D eigenvalue weighted by molar-refractivity contribution is 5.79. The first-order valence-corrected chi connectivity index (χ1v) is 40.0. The van der Waals surface area contributed by atoms with E-state index >= 15 is 0 Å². The van der Waals surface area contributed by atoms with Crippen molar-refractivity contribution >= 4 is 24.1 Å². The molecule has 0 radical (unpaired) electrons. The van der Waals surface area contributed by atoms with E-state index in [1.54, 1.807) is 68.4 Å². The number of carbonyl (C=O) groups excluding carboxylic acids is 4. The van der Waals surface area contributed by atoms with Crippen LogP contribution in [0.2, 0.25) is 0 Å². The van der Waals surface area contributed by atoms with Crippen LogP contribution in [-0.2, 0) is 135 Å². The molecular formula is C95H110O21. The zero-order valence-corrected chi connectivity index (χ0v) is 67.7. The molecule has 15 atom stereocenters. The van der Waals surface area contributed by atoms with Crippen molar-refractivity contribution < 1.29 is 99.7 Å². The average molecular weight is 1590 g/mol. The summed E-state index contributed by atoms with van der Waals surface area (Å²) < 4.78 is 117. The Balaban J connectivity index is 0.939. The molecule has 0 amide bonds. The summed E-state index contributed by atoms with van der Waals surface area (Å²) in [6.45, 7) is 18.6. The smallest absolute Gasteiger partial charge is 0.454 e. The molecule has 21 nitrogen and oxygen atoms in total. The summed E-state index contributed by atoms with van der Waals surface area (Å²) in [6.07, 6.45) is -17.0. The minimum Gasteiger partial charge on any atom is -0.454 e. The van der Waals surface area contributed by atoms with Crippen LogP contribution in [0.25, 0.3) is 11.1 Å². The molecule has 3 heterocycles. The van der Waals surface area contributed by atoms with Crippen LogP contribution >= 0.6 is 0 Å². The molecule has 0 unspecified atom stereocenters. The van der Waals surface area contributed by atoms with Gasteiger partial charge in [0.15, 0.2) is 37.2 Å². The van der Waals surface area contributed by atoms with Crippen molar-refractivity contribution in [1.29, 1.82) is 0 Å². The molecule has 1 aliphatic carbocycles. The molecule has 12 rings (SSSR count). The molecule has 8 aromatic carbocycles. The van der Waals surface area contributed by atoms with Gasteiger partial charge in [-0.25, -0.2) is 4.79 Å². The molecule has 0 saturated carbocycles. The number of esters is 3. The lowest BCUT2D eigenvalue weighted by molar-refractivity contribution is -0.356. The van der Waals surface area contributed by atoms with E-state index in [4.69, 9.17) is 80.5 Å². The number of carbonyl (C=O) groups is 4. The Morgan fingerprint density at radius 2 is 0.586 bits per heavy atom. The molecule has 4 aliphatic rings. The first-order chi connectivity index (χ1) is 56.1. The van der Waals surface area contributed by atoms with Crippen LogP contribution in [0.4, 0.5) is 4.79 Å². The Morgan fingerprint density at radius 3 is 0.888 bits per heavy atom. The third-order valence-electron chi connectivity index (χ3n) is 20.4. The molecule has 8 aromatic rings. The number of hydrogen-bond donors (Lipinski definition) is 0. The number of fused-ring (bicyclic) bond motifs is 3. The van der Waals surface area contributed by atoms with Gasteiger partial charge in [0.05, 0.1) is 75.7 Å². The monoisotopic (exact) mass is 1590 g/mol. The number of unbranched alkanes of at least 4 members (excludes halogenated alkanes) is 1.